The Morgan fingerprint density at radius 3 is 2.19 bits per heavy atom. The number of phenols is 2. The van der Waals surface area contributed by atoms with Crippen molar-refractivity contribution in [2.24, 2.45) is 23.7 Å². The van der Waals surface area contributed by atoms with E-state index >= 15 is 0 Å². The Kier molecular flexibility index (Phi) is 2.42. The highest BCUT2D eigenvalue weighted by Gasteiger charge is 2.68. The number of aromatic hydroxyl groups is 2. The first-order chi connectivity index (χ1) is 12.6. The SMILES string of the molecule is O=C1OC2(c3ccc(O)cc3Oc3cc(O)ccc32)[C@@H]2[C@@H]1[C@H]1C=C[C@@H]2C1. The molecule has 6 rings (SSSR count). The first kappa shape index (κ1) is 14.2. The number of ether oxygens (including phenoxy) is 2. The van der Waals surface area contributed by atoms with E-state index in [0.717, 1.165) is 17.5 Å². The summed E-state index contributed by atoms with van der Waals surface area (Å²) >= 11 is 0. The normalized spacial score (nSPS) is 31.3. The number of allylic oxidation sites excluding steroid dienone is 2. The third-order valence-electron chi connectivity index (χ3n) is 6.41. The van der Waals surface area contributed by atoms with Crippen molar-refractivity contribution >= 4 is 5.97 Å². The predicted octanol–water partition coefficient (Wildman–Crippen LogP) is 3.44. The minimum absolute atomic E-state index is 0.0134. The third kappa shape index (κ3) is 1.50. The summed E-state index contributed by atoms with van der Waals surface area (Å²) in [4.78, 5) is 12.9. The van der Waals surface area contributed by atoms with Crippen LogP contribution in [-0.4, -0.2) is 16.2 Å². The van der Waals surface area contributed by atoms with E-state index in [1.165, 1.54) is 12.1 Å². The maximum atomic E-state index is 12.9. The molecule has 5 heteroatoms. The number of hydrogen-bond donors (Lipinski definition) is 2. The minimum Gasteiger partial charge on any atom is -0.508 e. The quantitative estimate of drug-likeness (QED) is 0.563. The molecule has 4 atom stereocenters. The Bertz CT molecular complexity index is 956. The Balaban J connectivity index is 1.68. The number of phenolic OH excluding ortho intramolecular Hbond substituents is 2. The highest BCUT2D eigenvalue weighted by Crippen LogP contribution is 2.66. The van der Waals surface area contributed by atoms with Crippen LogP contribution in [0.4, 0.5) is 0 Å². The molecule has 4 aliphatic rings. The minimum atomic E-state index is -0.948. The fourth-order valence-electron chi connectivity index (χ4n) is 5.53. The molecule has 1 spiro atoms. The number of rotatable bonds is 0. The molecule has 0 radical (unpaired) electrons. The van der Waals surface area contributed by atoms with Crippen LogP contribution in [0.25, 0.3) is 0 Å². The van der Waals surface area contributed by atoms with Gasteiger partial charge in [0.15, 0.2) is 5.60 Å². The van der Waals surface area contributed by atoms with Gasteiger partial charge in [0.1, 0.15) is 23.0 Å². The van der Waals surface area contributed by atoms with Gasteiger partial charge in [-0.3, -0.25) is 4.79 Å². The van der Waals surface area contributed by atoms with Crippen LogP contribution in [0.2, 0.25) is 0 Å². The molecule has 2 aromatic rings. The molecular weight excluding hydrogens is 332 g/mol. The lowest BCUT2D eigenvalue weighted by Gasteiger charge is -2.41. The van der Waals surface area contributed by atoms with Crippen molar-refractivity contribution in [2.75, 3.05) is 0 Å². The van der Waals surface area contributed by atoms with Crippen LogP contribution < -0.4 is 4.74 Å². The van der Waals surface area contributed by atoms with Gasteiger partial charge in [-0.25, -0.2) is 0 Å². The summed E-state index contributed by atoms with van der Waals surface area (Å²) in [5.41, 5.74) is 0.571. The summed E-state index contributed by atoms with van der Waals surface area (Å²) in [5.74, 6) is 1.22. The first-order valence-electron chi connectivity index (χ1n) is 8.84. The van der Waals surface area contributed by atoms with Crippen LogP contribution in [0.15, 0.2) is 48.6 Å². The fraction of sp³-hybridized carbons (Fsp3) is 0.286. The van der Waals surface area contributed by atoms with Gasteiger partial charge in [-0.2, -0.15) is 0 Å². The molecule has 2 aliphatic heterocycles. The van der Waals surface area contributed by atoms with Gasteiger partial charge in [-0.1, -0.05) is 12.2 Å². The zero-order valence-corrected chi connectivity index (χ0v) is 13.8. The van der Waals surface area contributed by atoms with Crippen LogP contribution in [0, 0.1) is 23.7 Å². The lowest BCUT2D eigenvalue weighted by Crippen LogP contribution is -2.40. The van der Waals surface area contributed by atoms with Crippen molar-refractivity contribution < 1.29 is 24.5 Å². The molecule has 1 saturated carbocycles. The lowest BCUT2D eigenvalue weighted by atomic mass is 9.67. The van der Waals surface area contributed by atoms with Gasteiger partial charge in [-0.05, 0) is 42.5 Å². The molecule has 26 heavy (non-hydrogen) atoms. The van der Waals surface area contributed by atoms with Crippen molar-refractivity contribution in [3.63, 3.8) is 0 Å². The Labute approximate surface area is 149 Å². The van der Waals surface area contributed by atoms with E-state index in [1.807, 2.05) is 0 Å². The molecule has 2 bridgehead atoms. The van der Waals surface area contributed by atoms with Crippen molar-refractivity contribution in [2.45, 2.75) is 12.0 Å². The van der Waals surface area contributed by atoms with E-state index in [2.05, 4.69) is 12.2 Å². The molecule has 0 unspecified atom stereocenters. The van der Waals surface area contributed by atoms with Gasteiger partial charge in [0, 0.05) is 29.2 Å². The molecule has 0 amide bonds. The highest BCUT2D eigenvalue weighted by atomic mass is 16.6. The molecule has 2 aromatic carbocycles. The number of esters is 1. The van der Waals surface area contributed by atoms with Gasteiger partial charge in [0.2, 0.25) is 0 Å². The molecule has 130 valence electrons. The number of carbonyl (C=O) groups is 1. The van der Waals surface area contributed by atoms with Gasteiger partial charge < -0.3 is 19.7 Å². The van der Waals surface area contributed by atoms with E-state index in [9.17, 15) is 15.0 Å². The van der Waals surface area contributed by atoms with Crippen molar-refractivity contribution in [1.29, 1.82) is 0 Å². The molecule has 2 heterocycles. The van der Waals surface area contributed by atoms with E-state index < -0.39 is 5.60 Å². The number of carbonyl (C=O) groups excluding carboxylic acids is 1. The first-order valence-corrected chi connectivity index (χ1v) is 8.84. The van der Waals surface area contributed by atoms with Crippen LogP contribution in [0.3, 0.4) is 0 Å². The van der Waals surface area contributed by atoms with Crippen LogP contribution in [0.1, 0.15) is 17.5 Å². The zero-order valence-electron chi connectivity index (χ0n) is 13.8. The largest absolute Gasteiger partial charge is 0.508 e. The number of fused-ring (bicyclic) bond motifs is 10. The summed E-state index contributed by atoms with van der Waals surface area (Å²) in [6.45, 7) is 0. The van der Waals surface area contributed by atoms with E-state index in [4.69, 9.17) is 9.47 Å². The zero-order chi connectivity index (χ0) is 17.6. The van der Waals surface area contributed by atoms with Gasteiger partial charge in [0.25, 0.3) is 0 Å². The topological polar surface area (TPSA) is 76.0 Å². The summed E-state index contributed by atoms with van der Waals surface area (Å²) in [5, 5.41) is 19.8. The average Bonchev–Trinajstić information content (AvgIpc) is 3.28. The van der Waals surface area contributed by atoms with Crippen molar-refractivity contribution in [3.8, 4) is 23.0 Å². The number of benzene rings is 2. The maximum absolute atomic E-state index is 12.9. The van der Waals surface area contributed by atoms with E-state index in [0.29, 0.717) is 11.5 Å². The molecule has 2 fully saturated rings. The molecule has 1 saturated heterocycles. The predicted molar refractivity (Wildman–Crippen MR) is 90.9 cm³/mol. The molecular formula is C21H16O5. The lowest BCUT2D eigenvalue weighted by molar-refractivity contribution is -0.150. The van der Waals surface area contributed by atoms with Gasteiger partial charge >= 0.3 is 5.97 Å². The van der Waals surface area contributed by atoms with E-state index in [1.54, 1.807) is 24.3 Å². The van der Waals surface area contributed by atoms with Crippen LogP contribution in [0.5, 0.6) is 23.0 Å². The number of hydrogen-bond acceptors (Lipinski definition) is 5. The van der Waals surface area contributed by atoms with Crippen LogP contribution >= 0.6 is 0 Å². The molecule has 2 N–H and O–H groups in total. The second kappa shape index (κ2) is 4.41. The summed E-state index contributed by atoms with van der Waals surface area (Å²) in [6, 6.07) is 9.83. The summed E-state index contributed by atoms with van der Waals surface area (Å²) < 4.78 is 12.1. The fourth-order valence-corrected chi connectivity index (χ4v) is 5.53. The van der Waals surface area contributed by atoms with Gasteiger partial charge in [0.05, 0.1) is 5.92 Å². The second-order valence-corrected chi connectivity index (χ2v) is 7.62. The maximum Gasteiger partial charge on any atom is 0.311 e. The smallest absolute Gasteiger partial charge is 0.311 e. The van der Waals surface area contributed by atoms with Crippen LogP contribution in [-0.2, 0) is 15.1 Å². The Morgan fingerprint density at radius 1 is 0.923 bits per heavy atom. The summed E-state index contributed by atoms with van der Waals surface area (Å²) in [7, 11) is 0. The second-order valence-electron chi connectivity index (χ2n) is 7.62. The standard InChI is InChI=1S/C21H16O5/c22-12-3-5-14-16(8-12)25-17-9-13(23)4-6-15(17)21(14)19-11-2-1-10(7-11)18(19)20(24)26-21/h1-6,8-11,18-19,22-23H,7H2/t10-,11+,18-,19-/m0/s1. The monoisotopic (exact) mass is 348 g/mol. The van der Waals surface area contributed by atoms with E-state index in [-0.39, 0.29) is 41.1 Å². The van der Waals surface area contributed by atoms with Crippen molar-refractivity contribution in [1.82, 2.24) is 0 Å². The molecule has 0 aromatic heterocycles. The average molecular weight is 348 g/mol. The summed E-state index contributed by atoms with van der Waals surface area (Å²) in [6.07, 6.45) is 5.31. The Morgan fingerprint density at radius 2 is 1.54 bits per heavy atom. The Hall–Kier alpha value is -2.95. The third-order valence-corrected chi connectivity index (χ3v) is 6.41. The molecule has 5 nitrogen and oxygen atoms in total. The molecule has 2 aliphatic carbocycles. The van der Waals surface area contributed by atoms with Crippen molar-refractivity contribution in [3.05, 3.63) is 59.7 Å². The van der Waals surface area contributed by atoms with Gasteiger partial charge in [-0.15, -0.1) is 0 Å². The highest BCUT2D eigenvalue weighted by molar-refractivity contribution is 5.81.